The van der Waals surface area contributed by atoms with Gasteiger partial charge in [-0.3, -0.25) is 0 Å². The Bertz CT molecular complexity index is 4080. The number of hydrogen-bond donors (Lipinski definition) is 0. The van der Waals surface area contributed by atoms with E-state index in [-0.39, 0.29) is 11.4 Å². The van der Waals surface area contributed by atoms with Gasteiger partial charge in [-0.15, -0.1) is 0 Å². The molecule has 3 heterocycles. The van der Waals surface area contributed by atoms with Gasteiger partial charge < -0.3 is 4.57 Å². The second-order valence-corrected chi connectivity index (χ2v) is 18.8. The van der Waals surface area contributed by atoms with Gasteiger partial charge in [0.1, 0.15) is 0 Å². The molecule has 0 unspecified atom stereocenters. The van der Waals surface area contributed by atoms with Gasteiger partial charge in [-0.2, -0.15) is 26.3 Å². The van der Waals surface area contributed by atoms with Gasteiger partial charge in [0.05, 0.1) is 39.2 Å². The lowest BCUT2D eigenvalue weighted by Gasteiger charge is -2.18. The summed E-state index contributed by atoms with van der Waals surface area (Å²) >= 11 is 0. The molecule has 0 saturated carbocycles. The molecular formula is C65H42F6N6. The van der Waals surface area contributed by atoms with E-state index in [0.29, 0.717) is 84.5 Å². The van der Waals surface area contributed by atoms with Crippen molar-refractivity contribution in [3.8, 4) is 96.0 Å². The summed E-state index contributed by atoms with van der Waals surface area (Å²) in [5.74, 6) is 1.58. The first-order chi connectivity index (χ1) is 37.2. The normalized spacial score (nSPS) is 11.9. The van der Waals surface area contributed by atoms with E-state index < -0.39 is 23.5 Å². The quantitative estimate of drug-likeness (QED) is 0.135. The summed E-state index contributed by atoms with van der Waals surface area (Å²) in [6.07, 6.45) is -9.20. The van der Waals surface area contributed by atoms with Crippen LogP contribution in [-0.2, 0) is 12.4 Å². The minimum atomic E-state index is -4.66. The van der Waals surface area contributed by atoms with Crippen LogP contribution in [0.4, 0.5) is 26.3 Å². The van der Waals surface area contributed by atoms with Crippen LogP contribution in [0.2, 0.25) is 0 Å². The van der Waals surface area contributed by atoms with Crippen molar-refractivity contribution in [2.45, 2.75) is 26.2 Å². The lowest BCUT2D eigenvalue weighted by Crippen LogP contribution is -2.07. The number of alkyl halides is 6. The second kappa shape index (κ2) is 19.3. The first kappa shape index (κ1) is 48.4. The van der Waals surface area contributed by atoms with Crippen LogP contribution in [0.5, 0.6) is 0 Å². The zero-order valence-corrected chi connectivity index (χ0v) is 41.2. The summed E-state index contributed by atoms with van der Waals surface area (Å²) in [4.78, 5) is 25.7. The van der Waals surface area contributed by atoms with E-state index >= 15 is 0 Å². The molecule has 0 radical (unpaired) electrons. The highest BCUT2D eigenvalue weighted by Crippen LogP contribution is 2.44. The molecule has 77 heavy (non-hydrogen) atoms. The highest BCUT2D eigenvalue weighted by molar-refractivity contribution is 6.12. The maximum atomic E-state index is 14.9. The molecule has 0 amide bonds. The van der Waals surface area contributed by atoms with E-state index in [2.05, 4.69) is 0 Å². The molecule has 0 N–H and O–H groups in total. The first-order valence-electron chi connectivity index (χ1n) is 24.7. The Balaban J connectivity index is 1.18. The molecule has 0 aliphatic carbocycles. The number of aryl methyl sites for hydroxylation is 2. The summed E-state index contributed by atoms with van der Waals surface area (Å²) in [6, 6.07) is 65.3. The van der Waals surface area contributed by atoms with Crippen molar-refractivity contribution in [1.82, 2.24) is 29.5 Å². The van der Waals surface area contributed by atoms with E-state index in [4.69, 9.17) is 24.9 Å². The van der Waals surface area contributed by atoms with E-state index in [1.807, 2.05) is 174 Å². The van der Waals surface area contributed by atoms with Crippen LogP contribution in [0.15, 0.2) is 218 Å². The highest BCUT2D eigenvalue weighted by atomic mass is 19.4. The number of rotatable bonds is 9. The van der Waals surface area contributed by atoms with Crippen LogP contribution >= 0.6 is 0 Å². The highest BCUT2D eigenvalue weighted by Gasteiger charge is 2.34. The molecular weight excluding hydrogens is 979 g/mol. The number of fused-ring (bicyclic) bond motifs is 3. The van der Waals surface area contributed by atoms with Crippen molar-refractivity contribution in [1.29, 1.82) is 0 Å². The Morgan fingerprint density at radius 3 is 1.32 bits per heavy atom. The van der Waals surface area contributed by atoms with Crippen LogP contribution in [0, 0.1) is 13.8 Å². The molecule has 0 aliphatic rings. The first-order valence-corrected chi connectivity index (χ1v) is 24.7. The predicted octanol–water partition coefficient (Wildman–Crippen LogP) is 17.7. The number of aromatic nitrogens is 6. The van der Waals surface area contributed by atoms with Crippen molar-refractivity contribution in [3.63, 3.8) is 0 Å². The lowest BCUT2D eigenvalue weighted by atomic mass is 9.96. The molecule has 12 heteroatoms. The fourth-order valence-electron chi connectivity index (χ4n) is 9.99. The van der Waals surface area contributed by atoms with Gasteiger partial charge in [0, 0.05) is 44.2 Å². The Hall–Kier alpha value is -9.55. The fraction of sp³-hybridized carbons (Fsp3) is 0.0615. The van der Waals surface area contributed by atoms with Crippen LogP contribution in [-0.4, -0.2) is 29.5 Å². The van der Waals surface area contributed by atoms with Crippen molar-refractivity contribution in [2.75, 3.05) is 0 Å². The molecule has 0 fully saturated rings. The molecule has 0 aliphatic heterocycles. The number of halogens is 6. The van der Waals surface area contributed by atoms with E-state index in [1.165, 1.54) is 12.1 Å². The van der Waals surface area contributed by atoms with Crippen LogP contribution < -0.4 is 0 Å². The van der Waals surface area contributed by atoms with Crippen molar-refractivity contribution in [2.24, 2.45) is 0 Å². The Labute approximate surface area is 438 Å². The van der Waals surface area contributed by atoms with Crippen molar-refractivity contribution >= 4 is 21.8 Å². The van der Waals surface area contributed by atoms with Crippen molar-refractivity contribution in [3.05, 3.63) is 241 Å². The van der Waals surface area contributed by atoms with Gasteiger partial charge in [0.25, 0.3) is 0 Å². The minimum absolute atomic E-state index is 0.00289. The van der Waals surface area contributed by atoms with Crippen LogP contribution in [0.25, 0.3) is 118 Å². The predicted molar refractivity (Wildman–Crippen MR) is 293 cm³/mol. The third kappa shape index (κ3) is 9.39. The molecule has 0 atom stereocenters. The Morgan fingerprint density at radius 1 is 0.338 bits per heavy atom. The van der Waals surface area contributed by atoms with E-state index in [1.54, 1.807) is 32.0 Å². The largest absolute Gasteiger partial charge is 0.417 e. The summed E-state index contributed by atoms with van der Waals surface area (Å²) in [6.45, 7) is 3.27. The van der Waals surface area contributed by atoms with Gasteiger partial charge in [0.15, 0.2) is 23.3 Å². The molecule has 12 rings (SSSR count). The standard InChI is InChI=1S/C65H42F6N6/c1-39-23-28-50(54(33-39)65(69,70)71)46-25-30-52-51-29-24-45(49-31-27-48(34-40(49)2)64(66,67)68)36-58(51)77(59(52)37-46)57-32-26-47(56-38-55(41-15-7-3-8-16-41)72-60(73-56)42-17-9-4-10-18-42)35-53(57)63-75-61(43-19-11-5-12-20-43)74-62(76-63)44-21-13-6-14-22-44/h3-38H,1-2H3. The Kier molecular flexibility index (Phi) is 12.1. The monoisotopic (exact) mass is 1020 g/mol. The second-order valence-electron chi connectivity index (χ2n) is 18.8. The smallest absolute Gasteiger partial charge is 0.308 e. The van der Waals surface area contributed by atoms with Gasteiger partial charge in [-0.05, 0) is 90.2 Å². The number of nitrogens with zero attached hydrogens (tertiary/aromatic N) is 6. The molecule has 9 aromatic carbocycles. The molecule has 6 nitrogen and oxygen atoms in total. The summed E-state index contributed by atoms with van der Waals surface area (Å²) in [7, 11) is 0. The van der Waals surface area contributed by atoms with Crippen LogP contribution in [0.1, 0.15) is 22.3 Å². The van der Waals surface area contributed by atoms with Gasteiger partial charge in [-0.1, -0.05) is 175 Å². The third-order valence-corrected chi connectivity index (χ3v) is 13.7. The molecule has 0 saturated heterocycles. The molecule has 0 bridgehead atoms. The topological polar surface area (TPSA) is 69.4 Å². The molecule has 3 aromatic heterocycles. The maximum absolute atomic E-state index is 14.9. The molecule has 12 aromatic rings. The molecule has 374 valence electrons. The van der Waals surface area contributed by atoms with E-state index in [0.717, 1.165) is 51.2 Å². The minimum Gasteiger partial charge on any atom is -0.308 e. The molecule has 0 spiro atoms. The Morgan fingerprint density at radius 2 is 0.805 bits per heavy atom. The maximum Gasteiger partial charge on any atom is 0.417 e. The average molecular weight is 1020 g/mol. The number of hydrogen-bond acceptors (Lipinski definition) is 5. The summed E-state index contributed by atoms with van der Waals surface area (Å²) in [5, 5.41) is 1.47. The van der Waals surface area contributed by atoms with Gasteiger partial charge >= 0.3 is 12.4 Å². The third-order valence-electron chi connectivity index (χ3n) is 13.7. The van der Waals surface area contributed by atoms with Gasteiger partial charge in [-0.25, -0.2) is 24.9 Å². The summed E-state index contributed by atoms with van der Waals surface area (Å²) in [5.41, 5.74) is 8.25. The van der Waals surface area contributed by atoms with Crippen molar-refractivity contribution < 1.29 is 26.3 Å². The number of benzene rings is 9. The van der Waals surface area contributed by atoms with Gasteiger partial charge in [0.2, 0.25) is 0 Å². The average Bonchev–Trinajstić information content (AvgIpc) is 3.98. The summed E-state index contributed by atoms with van der Waals surface area (Å²) < 4.78 is 88.8. The SMILES string of the molecule is Cc1ccc(-c2ccc3c4ccc(-c5ccc(C(F)(F)F)cc5C)cc4n(-c4ccc(-c5cc(-c6ccccc6)nc(-c6ccccc6)n5)cc4-c4nc(-c5ccccc5)nc(-c5ccccc5)n4)c3c2)c(C(F)(F)F)c1. The zero-order chi connectivity index (χ0) is 53.0. The van der Waals surface area contributed by atoms with E-state index in [9.17, 15) is 26.3 Å². The zero-order valence-electron chi connectivity index (χ0n) is 41.2. The van der Waals surface area contributed by atoms with Crippen LogP contribution in [0.3, 0.4) is 0 Å². The fourth-order valence-corrected chi connectivity index (χ4v) is 9.99. The lowest BCUT2D eigenvalue weighted by molar-refractivity contribution is -0.138.